The van der Waals surface area contributed by atoms with Crippen molar-refractivity contribution in [2.75, 3.05) is 25.4 Å². The van der Waals surface area contributed by atoms with Crippen LogP contribution >= 0.6 is 0 Å². The van der Waals surface area contributed by atoms with Crippen LogP contribution in [0.1, 0.15) is 18.4 Å². The molecule has 1 fully saturated rings. The summed E-state index contributed by atoms with van der Waals surface area (Å²) in [6.45, 7) is 2.36. The number of anilines is 1. The molecule has 5 nitrogen and oxygen atoms in total. The van der Waals surface area contributed by atoms with Gasteiger partial charge in [0.2, 0.25) is 10.0 Å². The molecule has 20 heavy (non-hydrogen) atoms. The topological polar surface area (TPSA) is 83.6 Å². The Hall–Kier alpha value is -1.18. The highest BCUT2D eigenvalue weighted by atomic mass is 32.2. The fraction of sp³-hybridized carbons (Fsp3) is 0.538. The summed E-state index contributed by atoms with van der Waals surface area (Å²) < 4.78 is 39.8. The molecule has 1 aliphatic heterocycles. The molecule has 0 atom stereocenters. The molecule has 2 rings (SSSR count). The summed E-state index contributed by atoms with van der Waals surface area (Å²) in [6, 6.07) is 2.32. The van der Waals surface area contributed by atoms with Crippen molar-refractivity contribution in [3.63, 3.8) is 0 Å². The summed E-state index contributed by atoms with van der Waals surface area (Å²) in [6.07, 6.45) is 1.26. The van der Waals surface area contributed by atoms with Crippen LogP contribution in [0.5, 0.6) is 0 Å². The van der Waals surface area contributed by atoms with Crippen LogP contribution in [0.3, 0.4) is 0 Å². The van der Waals surface area contributed by atoms with Crippen LogP contribution in [-0.2, 0) is 10.0 Å². The summed E-state index contributed by atoms with van der Waals surface area (Å²) >= 11 is 0. The number of nitrogen functional groups attached to an aromatic ring is 1. The van der Waals surface area contributed by atoms with Gasteiger partial charge in [0.15, 0.2) is 0 Å². The normalized spacial score (nSPS) is 18.4. The molecule has 112 valence electrons. The van der Waals surface area contributed by atoms with Crippen molar-refractivity contribution in [3.8, 4) is 0 Å². The van der Waals surface area contributed by atoms with Crippen molar-refractivity contribution >= 4 is 15.7 Å². The number of hydrogen-bond donors (Lipinski definition) is 2. The first-order valence-electron chi connectivity index (χ1n) is 6.53. The minimum atomic E-state index is -3.66. The van der Waals surface area contributed by atoms with Gasteiger partial charge in [-0.3, -0.25) is 0 Å². The molecule has 0 amide bonds. The standard InChI is InChI=1S/C13H19FN2O3S/c1-9-6-11(14)12(15)7-13(9)20(18,19)16-4-2-10(8-17)3-5-16/h6-7,10,17H,2-5,8,15H2,1H3. The molecule has 1 aromatic rings. The largest absolute Gasteiger partial charge is 0.396 e. The van der Waals surface area contributed by atoms with Crippen molar-refractivity contribution < 1.29 is 17.9 Å². The summed E-state index contributed by atoms with van der Waals surface area (Å²) in [5.41, 5.74) is 5.65. The van der Waals surface area contributed by atoms with Crippen LogP contribution in [0.15, 0.2) is 17.0 Å². The molecule has 7 heteroatoms. The number of halogens is 1. The van der Waals surface area contributed by atoms with Crippen LogP contribution in [0.4, 0.5) is 10.1 Å². The number of aliphatic hydroxyl groups is 1. The lowest BCUT2D eigenvalue weighted by molar-refractivity contribution is 0.170. The van der Waals surface area contributed by atoms with Gasteiger partial charge in [0.05, 0.1) is 10.6 Å². The number of nitrogens with two attached hydrogens (primary N) is 1. The smallest absolute Gasteiger partial charge is 0.243 e. The van der Waals surface area contributed by atoms with E-state index in [0.29, 0.717) is 31.5 Å². The van der Waals surface area contributed by atoms with E-state index in [1.54, 1.807) is 6.92 Å². The molecular formula is C13H19FN2O3S. The summed E-state index contributed by atoms with van der Waals surface area (Å²) in [5.74, 6) is -0.457. The number of piperidine rings is 1. The molecule has 0 bridgehead atoms. The lowest BCUT2D eigenvalue weighted by Crippen LogP contribution is -2.39. The first kappa shape index (κ1) is 15.2. The van der Waals surface area contributed by atoms with Crippen LogP contribution in [0.2, 0.25) is 0 Å². The highest BCUT2D eigenvalue weighted by Gasteiger charge is 2.30. The van der Waals surface area contributed by atoms with E-state index in [-0.39, 0.29) is 23.1 Å². The SMILES string of the molecule is Cc1cc(F)c(N)cc1S(=O)(=O)N1CCC(CO)CC1. The lowest BCUT2D eigenvalue weighted by atomic mass is 10.00. The van der Waals surface area contributed by atoms with E-state index in [1.165, 1.54) is 10.4 Å². The second-order valence-corrected chi connectivity index (χ2v) is 7.08. The Balaban J connectivity index is 2.30. The third-order valence-corrected chi connectivity index (χ3v) is 5.78. The van der Waals surface area contributed by atoms with E-state index in [1.807, 2.05) is 0 Å². The monoisotopic (exact) mass is 302 g/mol. The Labute approximate surface area is 118 Å². The van der Waals surface area contributed by atoms with Crippen molar-refractivity contribution in [2.24, 2.45) is 5.92 Å². The van der Waals surface area contributed by atoms with E-state index in [4.69, 9.17) is 10.8 Å². The zero-order valence-electron chi connectivity index (χ0n) is 11.3. The van der Waals surface area contributed by atoms with Crippen LogP contribution in [0.25, 0.3) is 0 Å². The molecule has 1 saturated heterocycles. The summed E-state index contributed by atoms with van der Waals surface area (Å²) in [4.78, 5) is 0.0545. The van der Waals surface area contributed by atoms with Crippen LogP contribution in [-0.4, -0.2) is 37.5 Å². The van der Waals surface area contributed by atoms with Gasteiger partial charge in [-0.25, -0.2) is 12.8 Å². The zero-order valence-corrected chi connectivity index (χ0v) is 12.2. The minimum absolute atomic E-state index is 0.0545. The molecule has 1 aliphatic rings. The van der Waals surface area contributed by atoms with Crippen molar-refractivity contribution in [3.05, 3.63) is 23.5 Å². The van der Waals surface area contributed by atoms with Gasteiger partial charge in [0.1, 0.15) is 5.82 Å². The van der Waals surface area contributed by atoms with Crippen molar-refractivity contribution in [2.45, 2.75) is 24.7 Å². The molecule has 0 aliphatic carbocycles. The number of rotatable bonds is 3. The zero-order chi connectivity index (χ0) is 14.9. The number of aryl methyl sites for hydroxylation is 1. The molecule has 0 spiro atoms. The lowest BCUT2D eigenvalue weighted by Gasteiger charge is -2.30. The molecule has 0 saturated carbocycles. The average Bonchev–Trinajstić information content (AvgIpc) is 2.42. The number of hydrogen-bond acceptors (Lipinski definition) is 4. The third kappa shape index (κ3) is 2.79. The quantitative estimate of drug-likeness (QED) is 0.819. The van der Waals surface area contributed by atoms with Gasteiger partial charge in [-0.05, 0) is 43.4 Å². The van der Waals surface area contributed by atoms with Gasteiger partial charge >= 0.3 is 0 Å². The third-order valence-electron chi connectivity index (χ3n) is 3.74. The van der Waals surface area contributed by atoms with E-state index in [2.05, 4.69) is 0 Å². The van der Waals surface area contributed by atoms with E-state index in [0.717, 1.165) is 6.07 Å². The minimum Gasteiger partial charge on any atom is -0.396 e. The molecule has 0 unspecified atom stereocenters. The number of aliphatic hydroxyl groups excluding tert-OH is 1. The van der Waals surface area contributed by atoms with Crippen molar-refractivity contribution in [1.29, 1.82) is 0 Å². The van der Waals surface area contributed by atoms with Crippen LogP contribution < -0.4 is 5.73 Å². The highest BCUT2D eigenvalue weighted by molar-refractivity contribution is 7.89. The van der Waals surface area contributed by atoms with Crippen LogP contribution in [0, 0.1) is 18.7 Å². The Morgan fingerprint density at radius 3 is 2.55 bits per heavy atom. The van der Waals surface area contributed by atoms with Crippen molar-refractivity contribution in [1.82, 2.24) is 4.31 Å². The first-order valence-corrected chi connectivity index (χ1v) is 7.97. The fourth-order valence-electron chi connectivity index (χ4n) is 2.42. The Morgan fingerprint density at radius 2 is 2.00 bits per heavy atom. The number of sulfonamides is 1. The molecule has 1 aromatic carbocycles. The maximum Gasteiger partial charge on any atom is 0.243 e. The number of nitrogens with zero attached hydrogens (tertiary/aromatic N) is 1. The van der Waals surface area contributed by atoms with Gasteiger partial charge in [-0.1, -0.05) is 0 Å². The van der Waals surface area contributed by atoms with E-state index in [9.17, 15) is 12.8 Å². The van der Waals surface area contributed by atoms with E-state index < -0.39 is 15.8 Å². The molecule has 0 aromatic heterocycles. The van der Waals surface area contributed by atoms with Gasteiger partial charge in [-0.15, -0.1) is 0 Å². The first-order chi connectivity index (χ1) is 9.36. The fourth-order valence-corrected chi connectivity index (χ4v) is 4.13. The Morgan fingerprint density at radius 1 is 1.40 bits per heavy atom. The maximum absolute atomic E-state index is 13.3. The second kappa shape index (κ2) is 5.67. The highest BCUT2D eigenvalue weighted by Crippen LogP contribution is 2.27. The predicted molar refractivity (Wildman–Crippen MR) is 74.1 cm³/mol. The average molecular weight is 302 g/mol. The van der Waals surface area contributed by atoms with E-state index >= 15 is 0 Å². The maximum atomic E-state index is 13.3. The second-order valence-electron chi connectivity index (χ2n) is 5.17. The Kier molecular flexibility index (Phi) is 4.31. The summed E-state index contributed by atoms with van der Waals surface area (Å²) in [5, 5.41) is 9.08. The number of benzene rings is 1. The molecule has 3 N–H and O–H groups in total. The predicted octanol–water partition coefficient (Wildman–Crippen LogP) is 1.11. The molecule has 0 radical (unpaired) electrons. The summed E-state index contributed by atoms with van der Waals surface area (Å²) in [7, 11) is -3.66. The van der Waals surface area contributed by atoms with Gasteiger partial charge in [0, 0.05) is 19.7 Å². The molecule has 1 heterocycles. The van der Waals surface area contributed by atoms with Gasteiger partial charge in [0.25, 0.3) is 0 Å². The van der Waals surface area contributed by atoms with Gasteiger partial charge < -0.3 is 10.8 Å². The Bertz CT molecular complexity index is 596. The molecular weight excluding hydrogens is 283 g/mol. The van der Waals surface area contributed by atoms with Gasteiger partial charge in [-0.2, -0.15) is 4.31 Å².